The Kier molecular flexibility index (Phi) is 28.3. The van der Waals surface area contributed by atoms with E-state index in [4.69, 9.17) is 0 Å². The number of unbranched alkanes of at least 4 members (excludes halogenated alkanes) is 5. The van der Waals surface area contributed by atoms with Crippen LogP contribution in [0.3, 0.4) is 0 Å². The summed E-state index contributed by atoms with van der Waals surface area (Å²) >= 11 is -0.414. The maximum atomic E-state index is 2.94. The van der Waals surface area contributed by atoms with Crippen LogP contribution in [-0.2, 0) is 16.2 Å². The van der Waals surface area contributed by atoms with E-state index in [0.717, 1.165) is 12.8 Å². The maximum absolute atomic E-state index is 2.94. The quantitative estimate of drug-likeness (QED) is 0.0334. The molecular formula is C108H150SSn. The summed E-state index contributed by atoms with van der Waals surface area (Å²) in [4.78, 5) is 1.53. The first-order valence-electron chi connectivity index (χ1n) is 46.4. The Morgan fingerprint density at radius 2 is 0.700 bits per heavy atom. The first-order chi connectivity index (χ1) is 53.2. The van der Waals surface area contributed by atoms with Crippen molar-refractivity contribution in [3.8, 4) is 54.9 Å². The van der Waals surface area contributed by atoms with Crippen molar-refractivity contribution in [1.82, 2.24) is 0 Å². The summed E-state index contributed by atoms with van der Waals surface area (Å²) < 4.78 is 6.44. The van der Waals surface area contributed by atoms with Crippen molar-refractivity contribution >= 4 is 49.8 Å². The van der Waals surface area contributed by atoms with Gasteiger partial charge in [-0.2, -0.15) is 0 Å². The minimum absolute atomic E-state index is 0.0511. The Morgan fingerprint density at radius 1 is 0.336 bits per heavy atom. The number of thiophene rings is 1. The molecule has 5 aliphatic carbocycles. The monoisotopic (exact) mass is 1600 g/mol. The van der Waals surface area contributed by atoms with Crippen LogP contribution in [0, 0.1) is 52.8 Å². The molecule has 6 aromatic carbocycles. The summed E-state index contributed by atoms with van der Waals surface area (Å²) in [5.74, 6) is 4.81. The number of hydrogen-bond donors (Lipinski definition) is 0. The van der Waals surface area contributed by atoms with Crippen LogP contribution in [0.2, 0.25) is 13.3 Å². The molecule has 0 spiro atoms. The fourth-order valence-electron chi connectivity index (χ4n) is 22.8. The Hall–Kier alpha value is -4.96. The van der Waals surface area contributed by atoms with Gasteiger partial charge in [-0.25, -0.2) is 0 Å². The van der Waals surface area contributed by atoms with Crippen LogP contribution < -0.4 is 13.3 Å². The molecular weight excluding hydrogens is 1450 g/mol. The molecule has 5 aliphatic rings. The van der Waals surface area contributed by atoms with Gasteiger partial charge in [-0.15, -0.1) is 0 Å². The minimum atomic E-state index is -2.66. The van der Waals surface area contributed by atoms with Gasteiger partial charge in [0.25, 0.3) is 0 Å². The topological polar surface area (TPSA) is 0 Å². The van der Waals surface area contributed by atoms with Crippen molar-refractivity contribution in [2.24, 2.45) is 52.8 Å². The first-order valence-corrected chi connectivity index (χ1v) is 54.7. The third kappa shape index (κ3) is 16.4. The van der Waals surface area contributed by atoms with Crippen LogP contribution in [0.1, 0.15) is 345 Å². The predicted molar refractivity (Wildman–Crippen MR) is 491 cm³/mol. The van der Waals surface area contributed by atoms with Gasteiger partial charge in [0, 0.05) is 16.2 Å². The van der Waals surface area contributed by atoms with Gasteiger partial charge in [-0.3, -0.25) is 0 Å². The van der Waals surface area contributed by atoms with Crippen molar-refractivity contribution in [3.63, 3.8) is 0 Å². The number of fused-ring (bicyclic) bond motifs is 11. The Labute approximate surface area is 681 Å². The van der Waals surface area contributed by atoms with Crippen LogP contribution in [0.25, 0.3) is 72.2 Å². The molecule has 0 N–H and O–H groups in total. The summed E-state index contributed by atoms with van der Waals surface area (Å²) in [5, 5.41) is 2.93. The van der Waals surface area contributed by atoms with E-state index >= 15 is 0 Å². The zero-order valence-corrected chi connectivity index (χ0v) is 76.9. The van der Waals surface area contributed by atoms with Gasteiger partial charge < -0.3 is 0 Å². The van der Waals surface area contributed by atoms with Crippen molar-refractivity contribution in [3.05, 3.63) is 188 Å². The Morgan fingerprint density at radius 3 is 1.11 bits per heavy atom. The summed E-state index contributed by atoms with van der Waals surface area (Å²) in [6.45, 7) is 47.3. The number of rotatable bonds is 43. The third-order valence-electron chi connectivity index (χ3n) is 30.1. The van der Waals surface area contributed by atoms with E-state index in [0.29, 0.717) is 47.3 Å². The van der Waals surface area contributed by atoms with E-state index < -0.39 is 18.4 Å². The summed E-state index contributed by atoms with van der Waals surface area (Å²) in [6, 6.07) is 54.8. The van der Waals surface area contributed by atoms with Crippen LogP contribution in [-0.4, -0.2) is 18.4 Å². The first kappa shape index (κ1) is 84.4. The summed E-state index contributed by atoms with van der Waals surface area (Å²) in [5.41, 5.74) is 28.7. The van der Waals surface area contributed by atoms with Crippen molar-refractivity contribution in [2.45, 2.75) is 341 Å². The van der Waals surface area contributed by atoms with E-state index in [1.807, 2.05) is 2.89 Å². The van der Waals surface area contributed by atoms with Gasteiger partial charge in [0.15, 0.2) is 0 Å². The molecule has 110 heavy (non-hydrogen) atoms. The SMILES string of the molecule is CCCCC(CC)CC1(CC(CC)CCCC)c2cc(-c3ccc4c(c3)C(CC(C)CC)(CC(C)CC)c3cc(-c5ccc6c(c5)C(CC(C)CC)(CC(C)CC)C5=C7C=c8ccccc8=C7C(CC(C)CC)(CC(C)CC)C=C56)ccc3-4)ccc2-c2ccc(-c3cc[c]([Sn]([CH2]CCC)([CH2]CCC)[CH2]CCC)s3)cc21. The normalized spacial score (nSPS) is 21.6. The molecule has 0 amide bonds. The molecule has 12 rings (SSSR count). The Balaban J connectivity index is 1.03. The fraction of sp³-hybridized carbons (Fsp3) is 0.574. The van der Waals surface area contributed by atoms with E-state index in [-0.39, 0.29) is 21.7 Å². The van der Waals surface area contributed by atoms with Crippen molar-refractivity contribution in [2.75, 3.05) is 0 Å². The van der Waals surface area contributed by atoms with Gasteiger partial charge in [0.2, 0.25) is 0 Å². The molecule has 592 valence electrons. The molecule has 2 heteroatoms. The molecule has 8 atom stereocenters. The van der Waals surface area contributed by atoms with Gasteiger partial charge in [0.05, 0.1) is 0 Å². The molecule has 0 fully saturated rings. The number of benzene rings is 6. The molecule has 0 saturated carbocycles. The molecule has 1 aromatic heterocycles. The van der Waals surface area contributed by atoms with Crippen LogP contribution in [0.15, 0.2) is 145 Å². The average molecular weight is 1600 g/mol. The fourth-order valence-corrected chi connectivity index (χ4v) is 42.9. The second-order valence-corrected chi connectivity index (χ2v) is 53.2. The predicted octanol–water partition coefficient (Wildman–Crippen LogP) is 31.7. The van der Waals surface area contributed by atoms with E-state index in [2.05, 4.69) is 282 Å². The molecule has 0 nitrogen and oxygen atoms in total. The van der Waals surface area contributed by atoms with Crippen molar-refractivity contribution < 1.29 is 0 Å². The second-order valence-electron chi connectivity index (χ2n) is 38.0. The summed E-state index contributed by atoms with van der Waals surface area (Å²) in [6.07, 6.45) is 40.7. The molecule has 0 radical (unpaired) electrons. The summed E-state index contributed by atoms with van der Waals surface area (Å²) in [7, 11) is 0. The van der Waals surface area contributed by atoms with Crippen LogP contribution in [0.4, 0.5) is 0 Å². The molecule has 7 aromatic rings. The van der Waals surface area contributed by atoms with Crippen LogP contribution in [0.5, 0.6) is 0 Å². The third-order valence-corrected chi connectivity index (χ3v) is 49.6. The molecule has 1 heterocycles. The molecule has 8 unspecified atom stereocenters. The zero-order valence-electron chi connectivity index (χ0n) is 73.2. The molecule has 0 bridgehead atoms. The van der Waals surface area contributed by atoms with Gasteiger partial charge >= 0.3 is 305 Å². The number of hydrogen-bond acceptors (Lipinski definition) is 1. The second kappa shape index (κ2) is 36.9. The van der Waals surface area contributed by atoms with E-state index in [1.165, 1.54) is 251 Å². The van der Waals surface area contributed by atoms with E-state index in [9.17, 15) is 0 Å². The zero-order chi connectivity index (χ0) is 78.3. The number of allylic oxidation sites excluding steroid dienone is 4. The van der Waals surface area contributed by atoms with Gasteiger partial charge in [0.1, 0.15) is 0 Å². The van der Waals surface area contributed by atoms with E-state index in [1.54, 1.807) is 50.1 Å². The van der Waals surface area contributed by atoms with Crippen molar-refractivity contribution in [1.29, 1.82) is 0 Å². The Bertz CT molecular complexity index is 4400. The average Bonchev–Trinajstić information content (AvgIpc) is 1.52. The molecule has 0 saturated heterocycles. The standard InChI is InChI=1S/C96H123S.3C4H9.Sn/c1-17-27-32-69(25-9)60-95(61-70(26-10)33-28-18-2)87-51-73(39-44-80(87)81-46-41-76(53-88(81)95)90-36-31-47-97-90)71-37-42-78-79-43-38-72(50-86(79)94(85(78)49-71,56-65(13)21-5)57-66(14)22-6)74-40-45-82-84-62-93(54-63(11)19-3,55-64(12)20-4)91-77-35-30-29-34-75(77)48-83(91)92(84)96(89(82)52-74,58-67(15)23-7)59-68(16)24-8;3*1-3-4-2;/h29-31,34-46,48-53,62-70H,17-28,32-33,54-61H2,1-16H3;3*1,3-4H2,2H3;. The van der Waals surface area contributed by atoms with Crippen LogP contribution >= 0.6 is 11.3 Å². The molecule has 0 aliphatic heterocycles. The van der Waals surface area contributed by atoms with Gasteiger partial charge in [-0.05, 0) is 169 Å². The van der Waals surface area contributed by atoms with Gasteiger partial charge in [-0.1, -0.05) is 196 Å².